The largest absolute Gasteiger partial charge is 0.317 e. The molecule has 3 heteroatoms. The Kier molecular flexibility index (Phi) is 5.46. The van der Waals surface area contributed by atoms with E-state index in [1.165, 1.54) is 52.1 Å². The van der Waals surface area contributed by atoms with Crippen molar-refractivity contribution < 1.29 is 0 Å². The second kappa shape index (κ2) is 6.88. The first-order valence-corrected chi connectivity index (χ1v) is 7.87. The summed E-state index contributed by atoms with van der Waals surface area (Å²) in [7, 11) is 0. The summed E-state index contributed by atoms with van der Waals surface area (Å²) in [5.74, 6) is 1.73. The molecule has 0 radical (unpaired) electrons. The van der Waals surface area contributed by atoms with E-state index in [1.54, 1.807) is 0 Å². The van der Waals surface area contributed by atoms with Gasteiger partial charge >= 0.3 is 0 Å². The quantitative estimate of drug-likeness (QED) is 0.776. The van der Waals surface area contributed by atoms with E-state index in [0.29, 0.717) is 0 Å². The number of piperazine rings is 1. The zero-order chi connectivity index (χ0) is 13.0. The highest BCUT2D eigenvalue weighted by Crippen LogP contribution is 2.32. The number of nitrogens with one attached hydrogen (secondary N) is 1. The molecule has 0 spiro atoms. The highest BCUT2D eigenvalue weighted by atomic mass is 15.3. The second-order valence-corrected chi connectivity index (χ2v) is 6.44. The van der Waals surface area contributed by atoms with Crippen LogP contribution in [0.1, 0.15) is 33.6 Å². The van der Waals surface area contributed by atoms with Gasteiger partial charge in [-0.3, -0.25) is 4.90 Å². The maximum atomic E-state index is 3.52. The molecule has 1 heterocycles. The van der Waals surface area contributed by atoms with Crippen molar-refractivity contribution in [1.82, 2.24) is 15.1 Å². The van der Waals surface area contributed by atoms with E-state index in [4.69, 9.17) is 0 Å². The van der Waals surface area contributed by atoms with Crippen LogP contribution in [-0.2, 0) is 0 Å². The van der Waals surface area contributed by atoms with Gasteiger partial charge in [-0.15, -0.1) is 0 Å². The van der Waals surface area contributed by atoms with Crippen LogP contribution in [-0.4, -0.2) is 61.7 Å². The van der Waals surface area contributed by atoms with Crippen LogP contribution in [0.25, 0.3) is 0 Å². The van der Waals surface area contributed by atoms with E-state index in [0.717, 1.165) is 24.4 Å². The maximum Gasteiger partial charge on any atom is 0.0137 e. The molecule has 1 saturated heterocycles. The van der Waals surface area contributed by atoms with Crippen molar-refractivity contribution >= 4 is 0 Å². The van der Waals surface area contributed by atoms with Gasteiger partial charge in [0.2, 0.25) is 0 Å². The molecule has 0 bridgehead atoms. The Morgan fingerprint density at radius 2 is 1.83 bits per heavy atom. The first kappa shape index (κ1) is 14.3. The van der Waals surface area contributed by atoms with Crippen LogP contribution in [0.4, 0.5) is 0 Å². The summed E-state index contributed by atoms with van der Waals surface area (Å²) in [6.45, 7) is 15.6. The Morgan fingerprint density at radius 1 is 1.11 bits per heavy atom. The average molecular weight is 253 g/mol. The predicted octanol–water partition coefficient (Wildman–Crippen LogP) is 1.65. The first-order valence-electron chi connectivity index (χ1n) is 7.87. The third-order valence-electron chi connectivity index (χ3n) is 4.53. The van der Waals surface area contributed by atoms with Gasteiger partial charge in [0.05, 0.1) is 0 Å². The summed E-state index contributed by atoms with van der Waals surface area (Å²) in [5.41, 5.74) is 0. The third-order valence-corrected chi connectivity index (χ3v) is 4.53. The zero-order valence-electron chi connectivity index (χ0n) is 12.5. The highest BCUT2D eigenvalue weighted by Gasteiger charge is 2.36. The lowest BCUT2D eigenvalue weighted by Gasteiger charge is -2.48. The van der Waals surface area contributed by atoms with Crippen molar-refractivity contribution in [3.63, 3.8) is 0 Å². The molecule has 0 aromatic rings. The van der Waals surface area contributed by atoms with Crippen molar-refractivity contribution in [3.05, 3.63) is 0 Å². The average Bonchev–Trinajstić information content (AvgIpc) is 2.30. The van der Waals surface area contributed by atoms with Crippen LogP contribution in [0.15, 0.2) is 0 Å². The van der Waals surface area contributed by atoms with Gasteiger partial charge in [0.1, 0.15) is 0 Å². The van der Waals surface area contributed by atoms with Crippen LogP contribution in [0, 0.1) is 11.8 Å². The van der Waals surface area contributed by atoms with Crippen molar-refractivity contribution in [2.24, 2.45) is 11.8 Å². The fourth-order valence-electron chi connectivity index (χ4n) is 3.39. The second-order valence-electron chi connectivity index (χ2n) is 6.44. The normalized spacial score (nSPS) is 30.7. The zero-order valence-corrected chi connectivity index (χ0v) is 12.5. The summed E-state index contributed by atoms with van der Waals surface area (Å²) in [6.07, 6.45) is 2.87. The minimum Gasteiger partial charge on any atom is -0.317 e. The molecule has 2 aliphatic rings. The van der Waals surface area contributed by atoms with Gasteiger partial charge < -0.3 is 10.2 Å². The Hall–Kier alpha value is -0.120. The van der Waals surface area contributed by atoms with Crippen LogP contribution in [0.5, 0.6) is 0 Å². The first-order chi connectivity index (χ1) is 8.70. The molecular weight excluding hydrogens is 222 g/mol. The summed E-state index contributed by atoms with van der Waals surface area (Å²) >= 11 is 0. The lowest BCUT2D eigenvalue weighted by atomic mass is 9.78. The molecule has 2 atom stereocenters. The Morgan fingerprint density at radius 3 is 2.33 bits per heavy atom. The minimum atomic E-state index is 0.807. The van der Waals surface area contributed by atoms with E-state index in [2.05, 4.69) is 35.9 Å². The molecule has 0 aromatic heterocycles. The summed E-state index contributed by atoms with van der Waals surface area (Å²) in [5, 5.41) is 3.52. The monoisotopic (exact) mass is 253 g/mol. The van der Waals surface area contributed by atoms with E-state index in [1.807, 2.05) is 0 Å². The highest BCUT2D eigenvalue weighted by molar-refractivity contribution is 4.91. The standard InChI is InChI=1S/C15H31N3/c1-4-16-11-14-5-6-15(14)18-9-7-17(8-10-18)12-13(2)3/h13-16H,4-12H2,1-3H3. The molecular formula is C15H31N3. The van der Waals surface area contributed by atoms with E-state index in [-0.39, 0.29) is 0 Å². The summed E-state index contributed by atoms with van der Waals surface area (Å²) in [6, 6.07) is 0.880. The molecule has 3 nitrogen and oxygen atoms in total. The SMILES string of the molecule is CCNCC1CCC1N1CCN(CC(C)C)CC1. The van der Waals surface area contributed by atoms with Crippen LogP contribution >= 0.6 is 0 Å². The molecule has 2 unspecified atom stereocenters. The van der Waals surface area contributed by atoms with Crippen molar-refractivity contribution in [2.75, 3.05) is 45.8 Å². The Bertz CT molecular complexity index is 234. The van der Waals surface area contributed by atoms with Crippen LogP contribution in [0.2, 0.25) is 0 Å². The van der Waals surface area contributed by atoms with E-state index in [9.17, 15) is 0 Å². The number of hydrogen-bond acceptors (Lipinski definition) is 3. The van der Waals surface area contributed by atoms with Gasteiger partial charge in [-0.1, -0.05) is 20.8 Å². The van der Waals surface area contributed by atoms with Crippen molar-refractivity contribution in [2.45, 2.75) is 39.7 Å². The van der Waals surface area contributed by atoms with Crippen molar-refractivity contribution in [3.8, 4) is 0 Å². The number of nitrogens with zero attached hydrogens (tertiary/aromatic N) is 2. The molecule has 0 amide bonds. The van der Waals surface area contributed by atoms with E-state index < -0.39 is 0 Å². The predicted molar refractivity (Wildman–Crippen MR) is 77.9 cm³/mol. The van der Waals surface area contributed by atoms with Gasteiger partial charge in [0.25, 0.3) is 0 Å². The lowest BCUT2D eigenvalue weighted by molar-refractivity contribution is 0.0187. The maximum absolute atomic E-state index is 3.52. The molecule has 106 valence electrons. The van der Waals surface area contributed by atoms with Crippen LogP contribution < -0.4 is 5.32 Å². The summed E-state index contributed by atoms with van der Waals surface area (Å²) < 4.78 is 0. The molecule has 2 rings (SSSR count). The van der Waals surface area contributed by atoms with Gasteiger partial charge in [0, 0.05) is 38.8 Å². The van der Waals surface area contributed by atoms with Crippen LogP contribution in [0.3, 0.4) is 0 Å². The van der Waals surface area contributed by atoms with Crippen molar-refractivity contribution in [1.29, 1.82) is 0 Å². The number of hydrogen-bond donors (Lipinski definition) is 1. The van der Waals surface area contributed by atoms with E-state index >= 15 is 0 Å². The molecule has 0 aromatic carbocycles. The topological polar surface area (TPSA) is 18.5 Å². The smallest absolute Gasteiger partial charge is 0.0137 e. The Balaban J connectivity index is 1.69. The van der Waals surface area contributed by atoms with Gasteiger partial charge in [-0.05, 0) is 37.8 Å². The molecule has 18 heavy (non-hydrogen) atoms. The fraction of sp³-hybridized carbons (Fsp3) is 1.00. The van der Waals surface area contributed by atoms with Gasteiger partial charge in [-0.25, -0.2) is 0 Å². The fourth-order valence-corrected chi connectivity index (χ4v) is 3.39. The Labute approximate surface area is 113 Å². The van der Waals surface area contributed by atoms with Gasteiger partial charge in [-0.2, -0.15) is 0 Å². The van der Waals surface area contributed by atoms with Gasteiger partial charge in [0.15, 0.2) is 0 Å². The molecule has 1 N–H and O–H groups in total. The minimum absolute atomic E-state index is 0.807. The molecule has 1 saturated carbocycles. The summed E-state index contributed by atoms with van der Waals surface area (Å²) in [4.78, 5) is 5.39. The molecule has 1 aliphatic carbocycles. The number of rotatable bonds is 6. The molecule has 1 aliphatic heterocycles. The molecule has 2 fully saturated rings. The third kappa shape index (κ3) is 3.69. The lowest BCUT2D eigenvalue weighted by Crippen LogP contribution is -2.57.